The third kappa shape index (κ3) is 2.95. The van der Waals surface area contributed by atoms with Crippen LogP contribution in [0.1, 0.15) is 32.1 Å². The number of aromatic nitrogens is 1. The average molecular weight is 251 g/mol. The number of nitro groups is 1. The van der Waals surface area contributed by atoms with E-state index in [1.807, 2.05) is 0 Å². The van der Waals surface area contributed by atoms with Gasteiger partial charge in [0, 0.05) is 12.3 Å². The number of nitrogens with two attached hydrogens (primary N) is 1. The third-order valence-corrected chi connectivity index (χ3v) is 3.29. The SMILES string of the molecule is NC1(COc2ncccc2[N+](=O)[O-])CCCCC1. The zero-order valence-electron chi connectivity index (χ0n) is 10.2. The van der Waals surface area contributed by atoms with Gasteiger partial charge in [-0.2, -0.15) is 0 Å². The number of ether oxygens (including phenoxy) is 1. The second-order valence-electron chi connectivity index (χ2n) is 4.80. The van der Waals surface area contributed by atoms with Crippen molar-refractivity contribution in [1.82, 2.24) is 4.98 Å². The molecule has 1 fully saturated rings. The Bertz CT molecular complexity index is 430. The van der Waals surface area contributed by atoms with Crippen molar-refractivity contribution in [2.75, 3.05) is 6.61 Å². The van der Waals surface area contributed by atoms with Gasteiger partial charge in [-0.25, -0.2) is 4.98 Å². The summed E-state index contributed by atoms with van der Waals surface area (Å²) in [6, 6.07) is 2.90. The smallest absolute Gasteiger partial charge is 0.330 e. The molecular weight excluding hydrogens is 234 g/mol. The van der Waals surface area contributed by atoms with Gasteiger partial charge in [0.05, 0.1) is 10.5 Å². The number of nitrogens with zero attached hydrogens (tertiary/aromatic N) is 2. The van der Waals surface area contributed by atoms with Crippen LogP contribution in [0.25, 0.3) is 0 Å². The maximum atomic E-state index is 10.8. The summed E-state index contributed by atoms with van der Waals surface area (Å²) >= 11 is 0. The lowest BCUT2D eigenvalue weighted by molar-refractivity contribution is -0.386. The van der Waals surface area contributed by atoms with Crippen LogP contribution in [0.3, 0.4) is 0 Å². The molecule has 1 aromatic rings. The first kappa shape index (κ1) is 12.8. The summed E-state index contributed by atoms with van der Waals surface area (Å²) < 4.78 is 5.46. The topological polar surface area (TPSA) is 91.3 Å². The molecule has 2 N–H and O–H groups in total. The van der Waals surface area contributed by atoms with Crippen molar-refractivity contribution in [2.45, 2.75) is 37.6 Å². The van der Waals surface area contributed by atoms with Crippen molar-refractivity contribution in [3.05, 3.63) is 28.4 Å². The summed E-state index contributed by atoms with van der Waals surface area (Å²) in [6.45, 7) is 0.283. The van der Waals surface area contributed by atoms with Gasteiger partial charge < -0.3 is 10.5 Å². The molecule has 0 aliphatic heterocycles. The minimum Gasteiger partial charge on any atom is -0.471 e. The Morgan fingerprint density at radius 1 is 1.44 bits per heavy atom. The van der Waals surface area contributed by atoms with Crippen molar-refractivity contribution in [2.24, 2.45) is 5.73 Å². The van der Waals surface area contributed by atoms with Crippen LogP contribution in [0.2, 0.25) is 0 Å². The second kappa shape index (κ2) is 5.30. The summed E-state index contributed by atoms with van der Waals surface area (Å²) in [4.78, 5) is 14.2. The Morgan fingerprint density at radius 3 is 2.83 bits per heavy atom. The standard InChI is InChI=1S/C12H17N3O3/c13-12(6-2-1-3-7-12)9-18-11-10(15(16)17)5-4-8-14-11/h4-5,8H,1-3,6-7,9,13H2. The van der Waals surface area contributed by atoms with E-state index >= 15 is 0 Å². The van der Waals surface area contributed by atoms with Gasteiger partial charge in [-0.15, -0.1) is 0 Å². The van der Waals surface area contributed by atoms with E-state index in [4.69, 9.17) is 10.5 Å². The molecule has 0 atom stereocenters. The molecule has 1 aliphatic carbocycles. The predicted octanol–water partition coefficient (Wildman–Crippen LogP) is 2.03. The van der Waals surface area contributed by atoms with Crippen LogP contribution in [0.4, 0.5) is 5.69 Å². The Labute approximate surface area is 105 Å². The molecule has 0 amide bonds. The van der Waals surface area contributed by atoms with Crippen molar-refractivity contribution in [1.29, 1.82) is 0 Å². The average Bonchev–Trinajstić information content (AvgIpc) is 2.38. The van der Waals surface area contributed by atoms with E-state index in [1.165, 1.54) is 24.8 Å². The molecule has 1 aliphatic rings. The lowest BCUT2D eigenvalue weighted by Gasteiger charge is -2.32. The zero-order valence-corrected chi connectivity index (χ0v) is 10.2. The fourth-order valence-electron chi connectivity index (χ4n) is 2.24. The highest BCUT2D eigenvalue weighted by atomic mass is 16.6. The van der Waals surface area contributed by atoms with Gasteiger partial charge >= 0.3 is 5.69 Å². The summed E-state index contributed by atoms with van der Waals surface area (Å²) in [6.07, 6.45) is 6.64. The van der Waals surface area contributed by atoms with E-state index < -0.39 is 4.92 Å². The first-order valence-electron chi connectivity index (χ1n) is 6.12. The largest absolute Gasteiger partial charge is 0.471 e. The molecule has 0 saturated heterocycles. The fraction of sp³-hybridized carbons (Fsp3) is 0.583. The van der Waals surface area contributed by atoms with Crippen LogP contribution in [0.5, 0.6) is 5.88 Å². The second-order valence-corrected chi connectivity index (χ2v) is 4.80. The molecule has 1 heterocycles. The van der Waals surface area contributed by atoms with Gasteiger partial charge in [-0.3, -0.25) is 10.1 Å². The van der Waals surface area contributed by atoms with Crippen molar-refractivity contribution in [3.8, 4) is 5.88 Å². The number of hydrogen-bond donors (Lipinski definition) is 1. The van der Waals surface area contributed by atoms with E-state index in [2.05, 4.69) is 4.98 Å². The van der Waals surface area contributed by atoms with Crippen LogP contribution in [-0.2, 0) is 0 Å². The molecular formula is C12H17N3O3. The summed E-state index contributed by atoms with van der Waals surface area (Å²) in [5, 5.41) is 10.8. The summed E-state index contributed by atoms with van der Waals surface area (Å²) in [5.41, 5.74) is 5.73. The predicted molar refractivity (Wildman–Crippen MR) is 66.4 cm³/mol. The maximum Gasteiger partial charge on any atom is 0.330 e. The van der Waals surface area contributed by atoms with Gasteiger partial charge in [0.15, 0.2) is 0 Å². The zero-order chi connectivity index (χ0) is 13.0. The molecule has 0 bridgehead atoms. The molecule has 0 spiro atoms. The van der Waals surface area contributed by atoms with Gasteiger partial charge in [0.1, 0.15) is 6.61 Å². The van der Waals surface area contributed by atoms with Gasteiger partial charge in [-0.1, -0.05) is 19.3 Å². The van der Waals surface area contributed by atoms with Crippen molar-refractivity contribution in [3.63, 3.8) is 0 Å². The Hall–Kier alpha value is -1.69. The van der Waals surface area contributed by atoms with Crippen LogP contribution in [0.15, 0.2) is 18.3 Å². The van der Waals surface area contributed by atoms with E-state index in [1.54, 1.807) is 0 Å². The molecule has 0 aromatic carbocycles. The van der Waals surface area contributed by atoms with Crippen LogP contribution in [-0.4, -0.2) is 22.1 Å². The highest BCUT2D eigenvalue weighted by Gasteiger charge is 2.29. The molecule has 0 radical (unpaired) electrons. The molecule has 98 valence electrons. The molecule has 2 rings (SSSR count). The minimum atomic E-state index is -0.494. The van der Waals surface area contributed by atoms with Crippen LogP contribution in [0, 0.1) is 10.1 Å². The molecule has 1 saturated carbocycles. The fourth-order valence-corrected chi connectivity index (χ4v) is 2.24. The normalized spacial score (nSPS) is 18.3. The van der Waals surface area contributed by atoms with Crippen molar-refractivity contribution >= 4 is 5.69 Å². The monoisotopic (exact) mass is 251 g/mol. The first-order chi connectivity index (χ1) is 8.61. The molecule has 6 nitrogen and oxygen atoms in total. The highest BCUT2D eigenvalue weighted by molar-refractivity contribution is 5.39. The summed E-state index contributed by atoms with van der Waals surface area (Å²) in [7, 11) is 0. The van der Waals surface area contributed by atoms with Crippen LogP contribution >= 0.6 is 0 Å². The van der Waals surface area contributed by atoms with Gasteiger partial charge in [0.2, 0.25) is 0 Å². The Balaban J connectivity index is 2.03. The van der Waals surface area contributed by atoms with Gasteiger partial charge in [0.25, 0.3) is 5.88 Å². The summed E-state index contributed by atoms with van der Waals surface area (Å²) in [5.74, 6) is 0.0536. The van der Waals surface area contributed by atoms with E-state index in [0.717, 1.165) is 25.7 Å². The lowest BCUT2D eigenvalue weighted by atomic mass is 9.83. The van der Waals surface area contributed by atoms with E-state index in [-0.39, 0.29) is 23.7 Å². The lowest BCUT2D eigenvalue weighted by Crippen LogP contribution is -2.47. The van der Waals surface area contributed by atoms with Crippen LogP contribution < -0.4 is 10.5 Å². The number of pyridine rings is 1. The van der Waals surface area contributed by atoms with Crippen molar-refractivity contribution < 1.29 is 9.66 Å². The number of hydrogen-bond acceptors (Lipinski definition) is 5. The third-order valence-electron chi connectivity index (χ3n) is 3.29. The molecule has 6 heteroatoms. The van der Waals surface area contributed by atoms with Gasteiger partial charge in [-0.05, 0) is 18.9 Å². The first-order valence-corrected chi connectivity index (χ1v) is 6.12. The van der Waals surface area contributed by atoms with E-state index in [0.29, 0.717) is 0 Å². The minimum absolute atomic E-state index is 0.0536. The Morgan fingerprint density at radius 2 is 2.17 bits per heavy atom. The highest BCUT2D eigenvalue weighted by Crippen LogP contribution is 2.28. The Kier molecular flexibility index (Phi) is 3.76. The molecule has 18 heavy (non-hydrogen) atoms. The van der Waals surface area contributed by atoms with E-state index in [9.17, 15) is 10.1 Å². The molecule has 0 unspecified atom stereocenters. The quantitative estimate of drug-likeness (QED) is 0.653. The maximum absolute atomic E-state index is 10.8. The molecule has 1 aromatic heterocycles. The number of rotatable bonds is 4.